The van der Waals surface area contributed by atoms with Gasteiger partial charge >= 0.3 is 122 Å². The number of halogens is 1. The number of nitrogens with zero attached hydrogens (tertiary/aromatic N) is 4. The van der Waals surface area contributed by atoms with Gasteiger partial charge in [-0.25, -0.2) is 0 Å². The summed E-state index contributed by atoms with van der Waals surface area (Å²) in [5, 5.41) is 50.4. The number of benzene rings is 8. The summed E-state index contributed by atoms with van der Waals surface area (Å²) in [6.45, 7) is 19.9. The van der Waals surface area contributed by atoms with E-state index in [1.807, 2.05) is 193 Å². The van der Waals surface area contributed by atoms with Gasteiger partial charge in [-0.2, -0.15) is 15.8 Å². The predicted octanol–water partition coefficient (Wildman–Crippen LogP) is 9.09. The topological polar surface area (TPSA) is 235 Å². The van der Waals surface area contributed by atoms with Gasteiger partial charge in [0.1, 0.15) is 11.7 Å². The Morgan fingerprint density at radius 3 is 0.956 bits per heavy atom. The zero-order valence-electron chi connectivity index (χ0n) is 54.9. The Labute approximate surface area is 677 Å². The van der Waals surface area contributed by atoms with Crippen LogP contribution in [-0.4, -0.2) is 34.6 Å². The van der Waals surface area contributed by atoms with Crippen LogP contribution in [0.4, 0.5) is 0 Å². The molecule has 8 aromatic rings. The van der Waals surface area contributed by atoms with Gasteiger partial charge in [0, 0.05) is 68.8 Å². The monoisotopic (exact) mass is 1460 g/mol. The second-order valence-corrected chi connectivity index (χ2v) is 36.9. The smallest absolute Gasteiger partial charge is 1.00 e. The zero-order valence-corrected chi connectivity index (χ0v) is 68.8. The Kier molecular flexibility index (Phi) is 46.8. The van der Waals surface area contributed by atoms with Crippen molar-refractivity contribution in [2.45, 2.75) is 118 Å². The normalized spacial score (nSPS) is 9.96. The second-order valence-electron chi connectivity index (χ2n) is 21.6. The van der Waals surface area contributed by atoms with Crippen LogP contribution < -0.4 is 138 Å². The number of thiol groups is 2. The van der Waals surface area contributed by atoms with E-state index in [0.717, 1.165) is 49.3 Å². The molecule has 0 aliphatic rings. The van der Waals surface area contributed by atoms with E-state index in [1.165, 1.54) is 64.1 Å². The quantitative estimate of drug-likeness (QED) is 0.00544. The van der Waals surface area contributed by atoms with E-state index < -0.39 is 16.5 Å². The molecular weight excluding hydrogens is 1390 g/mol. The van der Waals surface area contributed by atoms with E-state index in [9.17, 15) is 0 Å². The Morgan fingerprint density at radius 2 is 0.758 bits per heavy atom. The van der Waals surface area contributed by atoms with E-state index in [0.29, 0.717) is 16.7 Å². The maximum Gasteiger partial charge on any atom is 1.00 e. The van der Waals surface area contributed by atoms with E-state index in [2.05, 4.69) is 154 Å². The summed E-state index contributed by atoms with van der Waals surface area (Å²) >= 11 is 18.9. The third kappa shape index (κ3) is 39.9. The number of nitriles is 3. The molecule has 0 saturated heterocycles. The van der Waals surface area contributed by atoms with Crippen molar-refractivity contribution in [2.75, 3.05) is 0 Å². The summed E-state index contributed by atoms with van der Waals surface area (Å²) < 4.78 is 4.82. The first-order chi connectivity index (χ1) is 41.7. The largest absolute Gasteiger partial charge is 1.00 e. The Balaban J connectivity index is 0. The van der Waals surface area contributed by atoms with Crippen LogP contribution in [0.25, 0.3) is 4.65 Å². The second kappa shape index (κ2) is 48.2. The van der Waals surface area contributed by atoms with Crippen LogP contribution in [0.2, 0.25) is 39.3 Å². The molecule has 11 nitrogen and oxygen atoms in total. The number of nitrogens with one attached hydrogen (secondary N) is 2. The van der Waals surface area contributed by atoms with E-state index in [-0.39, 0.29) is 141 Å². The molecule has 0 bridgehead atoms. The average Bonchev–Trinajstić information content (AvgIpc) is 3.33. The predicted molar refractivity (Wildman–Crippen MR) is 386 cm³/mol. The Morgan fingerprint density at radius 1 is 0.516 bits per heavy atom. The number of rotatable bonds is 18. The van der Waals surface area contributed by atoms with Crippen LogP contribution in [0.15, 0.2) is 205 Å². The maximum absolute atomic E-state index is 8.88. The van der Waals surface area contributed by atoms with Gasteiger partial charge in [-0.3, -0.25) is 15.6 Å². The maximum atomic E-state index is 8.88. The number of amidine groups is 2. The number of aryl methyl sites for hydroxylation is 3. The van der Waals surface area contributed by atoms with Crippen molar-refractivity contribution in [1.82, 2.24) is 0 Å². The molecule has 0 fully saturated rings. The number of hydrogen-bond acceptors (Lipinski definition) is 14. The van der Waals surface area contributed by atoms with Crippen LogP contribution >= 0.6 is 88.2 Å². The Bertz CT molecular complexity index is 3410. The first-order valence-corrected chi connectivity index (χ1v) is 40.2. The van der Waals surface area contributed by atoms with E-state index in [4.69, 9.17) is 52.8 Å². The summed E-state index contributed by atoms with van der Waals surface area (Å²) in [6.07, 6.45) is 0. The number of alkyl halides is 1. The summed E-state index contributed by atoms with van der Waals surface area (Å²) in [5.41, 5.74) is 24.4. The fraction of sp³-hybridized carbons (Fsp3) is 0.206. The van der Waals surface area contributed by atoms with Crippen LogP contribution in [0.1, 0.15) is 73.8 Å². The SMILES string of the molecule is C[Si](C)(C)[N-][Si](C)(C)C.Cc1cc(S)cc(S)c1.Cc1cc(SCc2ccc(C#N)cc2)cc(SCc2ccc(C#N)cc2)c1.Cc1cc(SCc2ccc(C(=N)N)cc2)cc(SCc2ccc(C(=N)N)cc2)c1.N#Cc1ccc(CBr)cc1.O=CO[O-].[H-].[K+].[K+].[Li+]. The molecule has 0 saturated carbocycles. The fourth-order valence-corrected chi connectivity index (χ4v) is 21.1. The molecule has 0 radical (unpaired) electrons. The van der Waals surface area contributed by atoms with Crippen molar-refractivity contribution in [2.24, 2.45) is 11.5 Å². The zero-order chi connectivity index (χ0) is 65.2. The third-order valence-electron chi connectivity index (χ3n) is 11.4. The molecule has 0 aliphatic heterocycles. The van der Waals surface area contributed by atoms with Crippen LogP contribution in [0.3, 0.4) is 0 Å². The van der Waals surface area contributed by atoms with Gasteiger partial charge in [-0.1, -0.05) is 157 Å². The van der Waals surface area contributed by atoms with Crippen molar-refractivity contribution in [3.63, 3.8) is 0 Å². The molecule has 0 unspecified atom stereocenters. The van der Waals surface area contributed by atoms with Gasteiger partial charge in [-0.05, 0) is 156 Å². The van der Waals surface area contributed by atoms with Gasteiger partial charge in [0.25, 0.3) is 6.47 Å². The van der Waals surface area contributed by atoms with Gasteiger partial charge in [-0.15, -0.1) is 72.3 Å². The molecule has 6 N–H and O–H groups in total. The molecular formula is C68H76BrK2LiN8O3S6Si2. The Hall–Kier alpha value is -2.56. The number of carbonyl (C=O) groups excluding carboxylic acids is 1. The van der Waals surface area contributed by atoms with Crippen molar-refractivity contribution in [1.29, 1.82) is 26.6 Å². The summed E-state index contributed by atoms with van der Waals surface area (Å²) in [4.78, 5) is 18.2. The number of hydrogen-bond donors (Lipinski definition) is 6. The summed E-state index contributed by atoms with van der Waals surface area (Å²) in [5.74, 6) is 3.71. The molecule has 0 atom stereocenters. The number of nitrogens with two attached hydrogens (primary N) is 2. The summed E-state index contributed by atoms with van der Waals surface area (Å²) in [7, 11) is -2.21. The standard InChI is InChI=1S/C23H24N4S2.C23H18N2S2.C8H6BrN.C7H8S2.C6H18NSi2.CH2O3.2K.Li.H/c1-15-10-20(28-13-16-2-6-18(7-3-16)22(24)25)12-21(11-15)29-14-17-4-8-19(9-5-17)23(26)27;1-17-10-22(26-15-20-6-2-18(13-24)3-7-20)12-23(11-17)27-16-21-8-4-19(14-25)5-9-21;9-5-7-1-3-8(6-10)4-2-7;1-5-2-6(8)4-7(9)3-5;1-8(2,3)7-9(4,5)6;2-1-4-3;;;;/h2-12H,13-14H2,1H3,(H3,24,25)(H3,26,27);2-12H,15-16H2,1H3;1-4H,5H2;2-4,8-9H,1H3;1-6H3;1,3H;;;;/q;;;;-1;;3*+1;-1/p-1. The van der Waals surface area contributed by atoms with E-state index in [1.54, 1.807) is 0 Å². The first kappa shape index (κ1) is 88.4. The number of carbonyl (C=O) groups is 1. The van der Waals surface area contributed by atoms with Crippen molar-refractivity contribution >= 4 is 123 Å². The number of nitrogen functional groups attached to an aromatic ring is 2. The van der Waals surface area contributed by atoms with Gasteiger partial charge in [0.05, 0.1) is 34.9 Å². The third-order valence-corrected chi connectivity index (χ3v) is 22.1. The van der Waals surface area contributed by atoms with Crippen LogP contribution in [0, 0.1) is 65.6 Å². The summed E-state index contributed by atoms with van der Waals surface area (Å²) in [6, 6.07) is 64.3. The van der Waals surface area contributed by atoms with Gasteiger partial charge in [0.15, 0.2) is 0 Å². The van der Waals surface area contributed by atoms with Gasteiger partial charge < -0.3 is 27.7 Å². The minimum absolute atomic E-state index is 0. The van der Waals surface area contributed by atoms with Gasteiger partial charge in [0.2, 0.25) is 0 Å². The average molecular weight is 1470 g/mol. The molecule has 0 aromatic heterocycles. The van der Waals surface area contributed by atoms with Crippen molar-refractivity contribution in [3.05, 3.63) is 253 Å². The minimum Gasteiger partial charge on any atom is -1.00 e. The van der Waals surface area contributed by atoms with E-state index >= 15 is 0 Å². The molecule has 0 amide bonds. The van der Waals surface area contributed by atoms with Crippen molar-refractivity contribution in [3.8, 4) is 18.2 Å². The molecule has 91 heavy (non-hydrogen) atoms. The molecule has 8 rings (SSSR count). The molecule has 0 spiro atoms. The molecule has 0 heterocycles. The fourth-order valence-electron chi connectivity index (χ4n) is 7.76. The molecule has 23 heteroatoms. The van der Waals surface area contributed by atoms with Crippen LogP contribution in [0.5, 0.6) is 0 Å². The van der Waals surface area contributed by atoms with Crippen LogP contribution in [-0.2, 0) is 38.0 Å². The molecule has 0 aliphatic carbocycles. The van der Waals surface area contributed by atoms with Crippen molar-refractivity contribution < 1.29 is 138 Å². The molecule has 8 aromatic carbocycles. The molecule has 460 valence electrons. The minimum atomic E-state index is -1.11. The first-order valence-electron chi connectivity index (χ1n) is 27.3. The number of thioether (sulfide) groups is 4.